The minimum atomic E-state index is -0.211. The van der Waals surface area contributed by atoms with Crippen molar-refractivity contribution in [3.63, 3.8) is 0 Å². The standard InChI is InChI=1S/C19H30O4/c1-4-5-6-7-15(20)13-19-17(23-19)11-9-14-8-10-16(21-2)18(12-14)22-3/h8,10,12,15,17,19-20H,4-7,9,11,13H2,1-3H3. The highest BCUT2D eigenvalue weighted by molar-refractivity contribution is 5.42. The predicted molar refractivity (Wildman–Crippen MR) is 91.3 cm³/mol. The van der Waals surface area contributed by atoms with Crippen LogP contribution in [0, 0.1) is 0 Å². The normalized spacial score (nSPS) is 21.0. The minimum absolute atomic E-state index is 0.211. The van der Waals surface area contributed by atoms with Crippen molar-refractivity contribution < 1.29 is 19.3 Å². The monoisotopic (exact) mass is 322 g/mol. The molecule has 1 N–H and O–H groups in total. The van der Waals surface area contributed by atoms with Crippen LogP contribution in [0.5, 0.6) is 11.5 Å². The molecule has 1 aliphatic rings. The third-order valence-corrected chi connectivity index (χ3v) is 4.50. The molecule has 2 rings (SSSR count). The van der Waals surface area contributed by atoms with Crippen LogP contribution in [0.15, 0.2) is 18.2 Å². The van der Waals surface area contributed by atoms with Crippen molar-refractivity contribution in [3.05, 3.63) is 23.8 Å². The number of hydrogen-bond acceptors (Lipinski definition) is 4. The van der Waals surface area contributed by atoms with E-state index in [2.05, 4.69) is 13.0 Å². The van der Waals surface area contributed by atoms with Gasteiger partial charge in [0, 0.05) is 6.42 Å². The maximum atomic E-state index is 10.0. The van der Waals surface area contributed by atoms with E-state index < -0.39 is 0 Å². The van der Waals surface area contributed by atoms with Gasteiger partial charge in [0.25, 0.3) is 0 Å². The smallest absolute Gasteiger partial charge is 0.160 e. The highest BCUT2D eigenvalue weighted by Crippen LogP contribution is 2.33. The first-order valence-corrected chi connectivity index (χ1v) is 8.72. The summed E-state index contributed by atoms with van der Waals surface area (Å²) >= 11 is 0. The van der Waals surface area contributed by atoms with Crippen LogP contribution in [0.25, 0.3) is 0 Å². The van der Waals surface area contributed by atoms with Gasteiger partial charge < -0.3 is 19.3 Å². The lowest BCUT2D eigenvalue weighted by Gasteiger charge is -2.09. The zero-order chi connectivity index (χ0) is 16.7. The van der Waals surface area contributed by atoms with E-state index in [0.29, 0.717) is 6.10 Å². The first kappa shape index (κ1) is 18.1. The van der Waals surface area contributed by atoms with Gasteiger partial charge in [0.2, 0.25) is 0 Å². The Morgan fingerprint density at radius 3 is 2.61 bits per heavy atom. The molecule has 130 valence electrons. The van der Waals surface area contributed by atoms with Gasteiger partial charge in [-0.05, 0) is 37.0 Å². The Morgan fingerprint density at radius 2 is 1.91 bits per heavy atom. The quantitative estimate of drug-likeness (QED) is 0.498. The Kier molecular flexibility index (Phi) is 7.18. The van der Waals surface area contributed by atoms with Gasteiger partial charge in [-0.2, -0.15) is 0 Å². The van der Waals surface area contributed by atoms with Crippen LogP contribution in [0.4, 0.5) is 0 Å². The second-order valence-electron chi connectivity index (χ2n) is 6.33. The third kappa shape index (κ3) is 5.70. The van der Waals surface area contributed by atoms with Gasteiger partial charge in [-0.1, -0.05) is 32.3 Å². The van der Waals surface area contributed by atoms with Crippen LogP contribution < -0.4 is 9.47 Å². The van der Waals surface area contributed by atoms with Gasteiger partial charge in [-0.25, -0.2) is 0 Å². The summed E-state index contributed by atoms with van der Waals surface area (Å²) in [5.41, 5.74) is 1.22. The Bertz CT molecular complexity index is 474. The molecule has 0 aromatic heterocycles. The van der Waals surface area contributed by atoms with Gasteiger partial charge in [-0.15, -0.1) is 0 Å². The largest absolute Gasteiger partial charge is 0.493 e. The summed E-state index contributed by atoms with van der Waals surface area (Å²) in [5.74, 6) is 1.52. The van der Waals surface area contributed by atoms with E-state index in [-0.39, 0.29) is 12.2 Å². The summed E-state index contributed by atoms with van der Waals surface area (Å²) in [6.45, 7) is 2.18. The van der Waals surface area contributed by atoms with E-state index in [1.807, 2.05) is 12.1 Å². The second-order valence-corrected chi connectivity index (χ2v) is 6.33. The lowest BCUT2D eigenvalue weighted by Crippen LogP contribution is -2.11. The van der Waals surface area contributed by atoms with Crippen molar-refractivity contribution in [1.29, 1.82) is 0 Å². The van der Waals surface area contributed by atoms with E-state index in [1.165, 1.54) is 18.4 Å². The number of unbranched alkanes of at least 4 members (excludes halogenated alkanes) is 2. The molecular formula is C19H30O4. The molecule has 0 radical (unpaired) electrons. The second kappa shape index (κ2) is 9.14. The lowest BCUT2D eigenvalue weighted by atomic mass is 10.0. The van der Waals surface area contributed by atoms with E-state index in [4.69, 9.17) is 14.2 Å². The zero-order valence-electron chi connectivity index (χ0n) is 14.6. The first-order chi connectivity index (χ1) is 11.2. The summed E-state index contributed by atoms with van der Waals surface area (Å²) in [6, 6.07) is 6.03. The number of benzene rings is 1. The zero-order valence-corrected chi connectivity index (χ0v) is 14.6. The van der Waals surface area contributed by atoms with Crippen LogP contribution in [0.1, 0.15) is 51.0 Å². The minimum Gasteiger partial charge on any atom is -0.493 e. The van der Waals surface area contributed by atoms with Crippen LogP contribution in [-0.2, 0) is 11.2 Å². The number of epoxide rings is 1. The average molecular weight is 322 g/mol. The number of ether oxygens (including phenoxy) is 3. The molecule has 4 heteroatoms. The Hall–Kier alpha value is -1.26. The van der Waals surface area contributed by atoms with Crippen LogP contribution in [0.2, 0.25) is 0 Å². The fourth-order valence-electron chi connectivity index (χ4n) is 3.00. The lowest BCUT2D eigenvalue weighted by molar-refractivity contribution is 0.139. The van der Waals surface area contributed by atoms with Crippen molar-refractivity contribution >= 4 is 0 Å². The van der Waals surface area contributed by atoms with E-state index in [9.17, 15) is 5.11 Å². The molecule has 23 heavy (non-hydrogen) atoms. The Labute approximate surface area is 139 Å². The Morgan fingerprint density at radius 1 is 1.13 bits per heavy atom. The SMILES string of the molecule is CCCCCC(O)CC1OC1CCc1ccc(OC)c(OC)c1. The molecule has 1 aliphatic heterocycles. The van der Waals surface area contributed by atoms with E-state index >= 15 is 0 Å². The highest BCUT2D eigenvalue weighted by atomic mass is 16.6. The number of hydrogen-bond donors (Lipinski definition) is 1. The molecule has 1 aromatic carbocycles. The summed E-state index contributed by atoms with van der Waals surface area (Å²) in [6.07, 6.45) is 7.45. The molecular weight excluding hydrogens is 292 g/mol. The topological polar surface area (TPSA) is 51.2 Å². The fraction of sp³-hybridized carbons (Fsp3) is 0.684. The van der Waals surface area contributed by atoms with Gasteiger partial charge in [0.1, 0.15) is 0 Å². The molecule has 0 bridgehead atoms. The van der Waals surface area contributed by atoms with Gasteiger partial charge in [-0.3, -0.25) is 0 Å². The molecule has 1 aromatic rings. The van der Waals surface area contributed by atoms with Gasteiger partial charge in [0.15, 0.2) is 11.5 Å². The molecule has 1 heterocycles. The first-order valence-electron chi connectivity index (χ1n) is 8.72. The van der Waals surface area contributed by atoms with Crippen molar-refractivity contribution in [2.24, 2.45) is 0 Å². The summed E-state index contributed by atoms with van der Waals surface area (Å²) in [7, 11) is 3.30. The number of rotatable bonds is 11. The van der Waals surface area contributed by atoms with Crippen molar-refractivity contribution in [2.45, 2.75) is 70.2 Å². The molecule has 1 fully saturated rings. The van der Waals surface area contributed by atoms with Gasteiger partial charge >= 0.3 is 0 Å². The highest BCUT2D eigenvalue weighted by Gasteiger charge is 2.39. The molecule has 0 amide bonds. The number of methoxy groups -OCH3 is 2. The van der Waals surface area contributed by atoms with Crippen LogP contribution in [0.3, 0.4) is 0 Å². The third-order valence-electron chi connectivity index (χ3n) is 4.50. The summed E-state index contributed by atoms with van der Waals surface area (Å²) in [5, 5.41) is 10.0. The molecule has 1 saturated heterocycles. The summed E-state index contributed by atoms with van der Waals surface area (Å²) in [4.78, 5) is 0. The molecule has 0 aliphatic carbocycles. The molecule has 3 unspecified atom stereocenters. The van der Waals surface area contributed by atoms with Crippen LogP contribution in [-0.4, -0.2) is 37.6 Å². The maximum Gasteiger partial charge on any atom is 0.160 e. The van der Waals surface area contributed by atoms with Crippen molar-refractivity contribution in [2.75, 3.05) is 14.2 Å². The molecule has 0 saturated carbocycles. The molecule has 3 atom stereocenters. The fourth-order valence-corrected chi connectivity index (χ4v) is 3.00. The number of aliphatic hydroxyl groups is 1. The van der Waals surface area contributed by atoms with Crippen LogP contribution >= 0.6 is 0 Å². The maximum absolute atomic E-state index is 10.0. The van der Waals surface area contributed by atoms with Crippen molar-refractivity contribution in [1.82, 2.24) is 0 Å². The van der Waals surface area contributed by atoms with Crippen molar-refractivity contribution in [3.8, 4) is 11.5 Å². The summed E-state index contributed by atoms with van der Waals surface area (Å²) < 4.78 is 16.3. The molecule has 0 spiro atoms. The number of aliphatic hydroxyl groups excluding tert-OH is 1. The number of aryl methyl sites for hydroxylation is 1. The predicted octanol–water partition coefficient (Wildman–Crippen LogP) is 3.74. The Balaban J connectivity index is 1.69. The average Bonchev–Trinajstić information content (AvgIpc) is 3.30. The van der Waals surface area contributed by atoms with Gasteiger partial charge in [0.05, 0.1) is 32.5 Å². The van der Waals surface area contributed by atoms with E-state index in [1.54, 1.807) is 14.2 Å². The molecule has 4 nitrogen and oxygen atoms in total. The van der Waals surface area contributed by atoms with E-state index in [0.717, 1.165) is 43.6 Å².